The van der Waals surface area contributed by atoms with Crippen molar-refractivity contribution in [3.8, 4) is 5.75 Å². The Hall–Kier alpha value is -1.42. The molecule has 0 aliphatic rings. The van der Waals surface area contributed by atoms with Crippen LogP contribution in [0.15, 0.2) is 18.2 Å². The fraction of sp³-hybridized carbons (Fsp3) is 0.417. The number of hydrogen-bond acceptors (Lipinski definition) is 3. The van der Waals surface area contributed by atoms with Gasteiger partial charge in [0.1, 0.15) is 11.6 Å². The van der Waals surface area contributed by atoms with Crippen LogP contribution in [0.1, 0.15) is 23.7 Å². The molecule has 0 radical (unpaired) electrons. The smallest absolute Gasteiger partial charge is 0.160 e. The second-order valence-corrected chi connectivity index (χ2v) is 3.43. The molecule has 1 aromatic rings. The van der Waals surface area contributed by atoms with Crippen LogP contribution in [0.2, 0.25) is 0 Å². The molecule has 0 unspecified atom stereocenters. The Morgan fingerprint density at radius 1 is 1.31 bits per heavy atom. The molecule has 1 rings (SSSR count). The average Bonchev–Trinajstić information content (AvgIpc) is 2.23. The molecule has 0 saturated carbocycles. The molecule has 3 nitrogen and oxygen atoms in total. The molecule has 0 bridgehead atoms. The number of hydrogen-bond donors (Lipinski definition) is 0. The van der Waals surface area contributed by atoms with E-state index in [-0.39, 0.29) is 5.78 Å². The van der Waals surface area contributed by atoms with E-state index in [2.05, 4.69) is 0 Å². The van der Waals surface area contributed by atoms with Crippen LogP contribution < -0.4 is 4.74 Å². The Morgan fingerprint density at radius 2 is 2.06 bits per heavy atom. The lowest BCUT2D eigenvalue weighted by atomic mass is 10.1. The lowest BCUT2D eigenvalue weighted by Gasteiger charge is -2.07. The zero-order valence-corrected chi connectivity index (χ0v) is 9.46. The maximum atomic E-state index is 13.1. The highest BCUT2D eigenvalue weighted by atomic mass is 19.1. The number of carbonyl (C=O) groups excluding carboxylic acids is 1. The van der Waals surface area contributed by atoms with Gasteiger partial charge in [0.25, 0.3) is 0 Å². The van der Waals surface area contributed by atoms with E-state index in [1.54, 1.807) is 7.11 Å². The van der Waals surface area contributed by atoms with Crippen LogP contribution in [0, 0.1) is 5.82 Å². The van der Waals surface area contributed by atoms with Crippen molar-refractivity contribution in [3.05, 3.63) is 29.6 Å². The van der Waals surface area contributed by atoms with Crippen LogP contribution in [-0.2, 0) is 4.74 Å². The van der Waals surface area contributed by atoms with Gasteiger partial charge in [-0.15, -0.1) is 0 Å². The molecule has 0 amide bonds. The molecule has 16 heavy (non-hydrogen) atoms. The van der Waals surface area contributed by atoms with Crippen molar-refractivity contribution in [2.24, 2.45) is 0 Å². The summed E-state index contributed by atoms with van der Waals surface area (Å²) in [7, 11) is 1.61. The molecule has 0 N–H and O–H groups in total. The molecule has 0 spiro atoms. The quantitative estimate of drug-likeness (QED) is 0.552. The number of benzene rings is 1. The highest BCUT2D eigenvalue weighted by molar-refractivity contribution is 5.94. The van der Waals surface area contributed by atoms with Crippen LogP contribution >= 0.6 is 0 Å². The van der Waals surface area contributed by atoms with Gasteiger partial charge in [-0.3, -0.25) is 4.79 Å². The average molecular weight is 226 g/mol. The topological polar surface area (TPSA) is 35.5 Å². The fourth-order valence-electron chi connectivity index (χ4n) is 1.24. The van der Waals surface area contributed by atoms with E-state index in [0.717, 1.165) is 6.42 Å². The number of halogens is 1. The van der Waals surface area contributed by atoms with Gasteiger partial charge in [0, 0.05) is 31.8 Å². The third-order valence-electron chi connectivity index (χ3n) is 2.04. The standard InChI is InChI=1S/C12H15FO3/c1-9(14)10-6-11(13)8-12(7-10)16-5-3-4-15-2/h6-8H,3-5H2,1-2H3. The SMILES string of the molecule is COCCCOc1cc(F)cc(C(C)=O)c1. The first-order valence-electron chi connectivity index (χ1n) is 5.06. The Balaban J connectivity index is 2.62. The number of ketones is 1. The summed E-state index contributed by atoms with van der Waals surface area (Å²) in [6.45, 7) is 2.42. The Morgan fingerprint density at radius 3 is 2.69 bits per heavy atom. The summed E-state index contributed by atoms with van der Waals surface area (Å²) < 4.78 is 23.3. The largest absolute Gasteiger partial charge is 0.493 e. The summed E-state index contributed by atoms with van der Waals surface area (Å²) in [6, 6.07) is 4.00. The minimum Gasteiger partial charge on any atom is -0.493 e. The van der Waals surface area contributed by atoms with E-state index in [4.69, 9.17) is 9.47 Å². The van der Waals surface area contributed by atoms with E-state index in [0.29, 0.717) is 24.5 Å². The van der Waals surface area contributed by atoms with Gasteiger partial charge in [0.05, 0.1) is 6.61 Å². The Bertz CT molecular complexity index is 363. The van der Waals surface area contributed by atoms with E-state index in [9.17, 15) is 9.18 Å². The predicted octanol–water partition coefficient (Wildman–Crippen LogP) is 2.44. The number of ether oxygens (including phenoxy) is 2. The van der Waals surface area contributed by atoms with Gasteiger partial charge in [-0.05, 0) is 19.1 Å². The predicted molar refractivity (Wildman–Crippen MR) is 58.4 cm³/mol. The second-order valence-electron chi connectivity index (χ2n) is 3.43. The maximum absolute atomic E-state index is 13.1. The lowest BCUT2D eigenvalue weighted by molar-refractivity contribution is 0.101. The van der Waals surface area contributed by atoms with E-state index in [1.807, 2.05) is 0 Å². The molecule has 0 aliphatic heterocycles. The number of Topliss-reactive ketones (excluding diaryl/α,β-unsaturated/α-hetero) is 1. The fourth-order valence-corrected chi connectivity index (χ4v) is 1.24. The first kappa shape index (κ1) is 12.6. The van der Waals surface area contributed by atoms with Crippen molar-refractivity contribution in [1.29, 1.82) is 0 Å². The van der Waals surface area contributed by atoms with Crippen molar-refractivity contribution < 1.29 is 18.7 Å². The van der Waals surface area contributed by atoms with Crippen LogP contribution in [0.25, 0.3) is 0 Å². The summed E-state index contributed by atoms with van der Waals surface area (Å²) in [6.07, 6.45) is 0.725. The highest BCUT2D eigenvalue weighted by Gasteiger charge is 2.05. The molecule has 0 aliphatic carbocycles. The summed E-state index contributed by atoms with van der Waals surface area (Å²) in [5.74, 6) is -0.267. The molecule has 0 aromatic heterocycles. The van der Waals surface area contributed by atoms with Crippen molar-refractivity contribution >= 4 is 5.78 Å². The van der Waals surface area contributed by atoms with E-state index in [1.165, 1.54) is 25.1 Å². The van der Waals surface area contributed by atoms with Crippen molar-refractivity contribution in [3.63, 3.8) is 0 Å². The minimum absolute atomic E-state index is 0.179. The van der Waals surface area contributed by atoms with Gasteiger partial charge in [0.2, 0.25) is 0 Å². The third kappa shape index (κ3) is 3.98. The maximum Gasteiger partial charge on any atom is 0.160 e. The zero-order chi connectivity index (χ0) is 12.0. The van der Waals surface area contributed by atoms with Gasteiger partial charge in [0.15, 0.2) is 5.78 Å². The molecular formula is C12H15FO3. The van der Waals surface area contributed by atoms with Crippen LogP contribution in [0.4, 0.5) is 4.39 Å². The minimum atomic E-state index is -0.463. The summed E-state index contributed by atoms with van der Waals surface area (Å²) in [4.78, 5) is 11.1. The molecule has 0 fully saturated rings. The van der Waals surface area contributed by atoms with Gasteiger partial charge in [-0.1, -0.05) is 0 Å². The summed E-state index contributed by atoms with van der Waals surface area (Å²) in [5.41, 5.74) is 0.321. The van der Waals surface area contributed by atoms with Gasteiger partial charge in [-0.25, -0.2) is 4.39 Å². The van der Waals surface area contributed by atoms with Crippen LogP contribution in [-0.4, -0.2) is 26.1 Å². The number of methoxy groups -OCH3 is 1. The first-order valence-corrected chi connectivity index (χ1v) is 5.06. The van der Waals surface area contributed by atoms with Gasteiger partial charge >= 0.3 is 0 Å². The Labute approximate surface area is 94.2 Å². The normalized spacial score (nSPS) is 10.2. The molecule has 0 atom stereocenters. The number of carbonyl (C=O) groups is 1. The second kappa shape index (κ2) is 6.23. The monoisotopic (exact) mass is 226 g/mol. The molecule has 0 heterocycles. The van der Waals surface area contributed by atoms with E-state index < -0.39 is 5.82 Å². The molecule has 4 heteroatoms. The first-order chi connectivity index (χ1) is 7.63. The van der Waals surface area contributed by atoms with Crippen molar-refractivity contribution in [2.75, 3.05) is 20.3 Å². The summed E-state index contributed by atoms with van der Waals surface area (Å²) >= 11 is 0. The third-order valence-corrected chi connectivity index (χ3v) is 2.04. The number of rotatable bonds is 6. The van der Waals surface area contributed by atoms with Crippen LogP contribution in [0.3, 0.4) is 0 Å². The Kier molecular flexibility index (Phi) is 4.92. The summed E-state index contributed by atoms with van der Waals surface area (Å²) in [5, 5.41) is 0. The molecule has 0 saturated heterocycles. The van der Waals surface area contributed by atoms with Gasteiger partial charge < -0.3 is 9.47 Å². The molecular weight excluding hydrogens is 211 g/mol. The molecule has 1 aromatic carbocycles. The zero-order valence-electron chi connectivity index (χ0n) is 9.46. The van der Waals surface area contributed by atoms with Gasteiger partial charge in [-0.2, -0.15) is 0 Å². The van der Waals surface area contributed by atoms with E-state index >= 15 is 0 Å². The van der Waals surface area contributed by atoms with Crippen LogP contribution in [0.5, 0.6) is 5.75 Å². The molecule has 88 valence electrons. The lowest BCUT2D eigenvalue weighted by Crippen LogP contribution is -2.03. The van der Waals surface area contributed by atoms with Crippen molar-refractivity contribution in [1.82, 2.24) is 0 Å². The van der Waals surface area contributed by atoms with Crippen molar-refractivity contribution in [2.45, 2.75) is 13.3 Å². The highest BCUT2D eigenvalue weighted by Crippen LogP contribution is 2.17.